The Balaban J connectivity index is 1.80. The van der Waals surface area contributed by atoms with Crippen LogP contribution in [0.25, 0.3) is 11.0 Å². The number of hydrogen-bond acceptors (Lipinski definition) is 7. The fourth-order valence-electron chi connectivity index (χ4n) is 3.65. The van der Waals surface area contributed by atoms with Crippen molar-refractivity contribution in [3.63, 3.8) is 0 Å². The molecule has 0 fully saturated rings. The van der Waals surface area contributed by atoms with Crippen LogP contribution in [0.2, 0.25) is 0 Å². The number of carboxylic acid groups (broad SMARTS) is 1. The van der Waals surface area contributed by atoms with Crippen molar-refractivity contribution in [3.8, 4) is 0 Å². The molecule has 2 aromatic rings. The highest BCUT2D eigenvalue weighted by atomic mass is 16.7. The average molecular weight is 420 g/mol. The van der Waals surface area contributed by atoms with E-state index in [2.05, 4.69) is 0 Å². The second kappa shape index (κ2) is 11.1. The molecule has 3 rings (SSSR count). The lowest BCUT2D eigenvalue weighted by Crippen LogP contribution is -2.37. The van der Waals surface area contributed by atoms with Crippen molar-refractivity contribution in [2.45, 2.75) is 25.6 Å². The Hall–Kier alpha value is -2.39. The van der Waals surface area contributed by atoms with Crippen LogP contribution in [-0.2, 0) is 23.7 Å². The number of furan rings is 1. The molecule has 0 spiro atoms. The first-order valence-electron chi connectivity index (χ1n) is 10.1. The minimum Gasteiger partial charge on any atom is -0.475 e. The van der Waals surface area contributed by atoms with Crippen molar-refractivity contribution in [2.75, 3.05) is 39.6 Å². The zero-order valence-corrected chi connectivity index (χ0v) is 17.0. The van der Waals surface area contributed by atoms with Crippen LogP contribution in [0.4, 0.5) is 0 Å². The van der Waals surface area contributed by atoms with E-state index in [1.165, 1.54) is 0 Å². The summed E-state index contributed by atoms with van der Waals surface area (Å²) in [6, 6.07) is 7.66. The smallest absolute Gasteiger partial charge is 0.370 e. The zero-order chi connectivity index (χ0) is 21.3. The van der Waals surface area contributed by atoms with Gasteiger partial charge in [0.05, 0.1) is 32.7 Å². The second-order valence-corrected chi connectivity index (χ2v) is 6.89. The number of hydrogen-bond donors (Lipinski definition) is 2. The molecule has 0 amide bonds. The summed E-state index contributed by atoms with van der Waals surface area (Å²) in [5.41, 5.74) is 1.64. The van der Waals surface area contributed by atoms with Crippen LogP contribution in [0.5, 0.6) is 0 Å². The Labute approximate surface area is 175 Å². The molecule has 0 saturated carbocycles. The first-order chi connectivity index (χ1) is 14.7. The number of allylic oxidation sites excluding steroid dienone is 1. The number of ether oxygens (including phenoxy) is 4. The highest BCUT2D eigenvalue weighted by Gasteiger charge is 2.39. The molecule has 1 aliphatic heterocycles. The molecule has 0 bridgehead atoms. The summed E-state index contributed by atoms with van der Waals surface area (Å²) in [6.45, 7) is 3.73. The van der Waals surface area contributed by atoms with Crippen molar-refractivity contribution in [3.05, 3.63) is 47.9 Å². The van der Waals surface area contributed by atoms with Gasteiger partial charge in [-0.2, -0.15) is 0 Å². The van der Waals surface area contributed by atoms with E-state index in [1.807, 2.05) is 31.2 Å². The molecule has 164 valence electrons. The summed E-state index contributed by atoms with van der Waals surface area (Å²) in [5.74, 6) is -1.68. The summed E-state index contributed by atoms with van der Waals surface area (Å²) < 4.78 is 28.0. The third-order valence-electron chi connectivity index (χ3n) is 5.00. The van der Waals surface area contributed by atoms with Crippen molar-refractivity contribution < 1.29 is 38.4 Å². The summed E-state index contributed by atoms with van der Waals surface area (Å²) in [7, 11) is 0. The van der Waals surface area contributed by atoms with Gasteiger partial charge < -0.3 is 33.6 Å². The number of carboxylic acids is 1. The van der Waals surface area contributed by atoms with Gasteiger partial charge in [-0.15, -0.1) is 0 Å². The molecule has 0 radical (unpaired) electrons. The van der Waals surface area contributed by atoms with Crippen LogP contribution >= 0.6 is 0 Å². The first-order valence-corrected chi connectivity index (χ1v) is 10.1. The first kappa shape index (κ1) is 22.3. The van der Waals surface area contributed by atoms with Gasteiger partial charge in [-0.1, -0.05) is 18.2 Å². The van der Waals surface area contributed by atoms with E-state index in [0.717, 1.165) is 16.5 Å². The van der Waals surface area contributed by atoms with Crippen LogP contribution in [0.1, 0.15) is 24.8 Å². The quantitative estimate of drug-likeness (QED) is 0.505. The maximum atomic E-state index is 11.6. The molecule has 0 saturated heterocycles. The number of aliphatic hydroxyl groups excluding tert-OH is 1. The summed E-state index contributed by atoms with van der Waals surface area (Å²) in [5, 5.41) is 19.2. The predicted octanol–water partition coefficient (Wildman–Crippen LogP) is 2.91. The molecule has 30 heavy (non-hydrogen) atoms. The highest BCUT2D eigenvalue weighted by Crippen LogP contribution is 2.41. The van der Waals surface area contributed by atoms with E-state index < -0.39 is 12.3 Å². The fraction of sp³-hybridized carbons (Fsp3) is 0.500. The Kier molecular flexibility index (Phi) is 8.27. The lowest BCUT2D eigenvalue weighted by Gasteiger charge is -2.36. The third kappa shape index (κ3) is 5.40. The molecule has 1 aromatic carbocycles. The Morgan fingerprint density at radius 2 is 1.90 bits per heavy atom. The molecule has 0 unspecified atom stereocenters. The molecular weight excluding hydrogens is 392 g/mol. The maximum Gasteiger partial charge on any atom is 0.370 e. The van der Waals surface area contributed by atoms with Crippen LogP contribution in [-0.4, -0.2) is 62.1 Å². The fourth-order valence-corrected chi connectivity index (χ4v) is 3.65. The minimum atomic E-state index is -1.13. The van der Waals surface area contributed by atoms with Crippen LogP contribution in [0.15, 0.2) is 46.8 Å². The van der Waals surface area contributed by atoms with E-state index in [1.54, 1.807) is 12.3 Å². The van der Waals surface area contributed by atoms with Gasteiger partial charge in [0.2, 0.25) is 12.0 Å². The Morgan fingerprint density at radius 3 is 2.63 bits per heavy atom. The van der Waals surface area contributed by atoms with Crippen LogP contribution in [0, 0.1) is 5.92 Å². The SMILES string of the molecule is CCO[C@H]1OC(C(=O)O)=C[C@@H](c2coc3ccccc23)[C@H]1CCOCCOCCO. The average Bonchev–Trinajstić information content (AvgIpc) is 3.17. The monoisotopic (exact) mass is 420 g/mol. The summed E-state index contributed by atoms with van der Waals surface area (Å²) >= 11 is 0. The van der Waals surface area contributed by atoms with Gasteiger partial charge >= 0.3 is 5.97 Å². The van der Waals surface area contributed by atoms with E-state index >= 15 is 0 Å². The van der Waals surface area contributed by atoms with E-state index in [0.29, 0.717) is 32.8 Å². The maximum absolute atomic E-state index is 11.6. The van der Waals surface area contributed by atoms with E-state index in [4.69, 9.17) is 28.5 Å². The normalized spacial score (nSPS) is 21.4. The number of aliphatic hydroxyl groups is 1. The minimum absolute atomic E-state index is 0.0198. The topological polar surface area (TPSA) is 108 Å². The van der Waals surface area contributed by atoms with Gasteiger partial charge in [0.25, 0.3) is 0 Å². The van der Waals surface area contributed by atoms with Crippen molar-refractivity contribution in [1.82, 2.24) is 0 Å². The number of benzene rings is 1. The van der Waals surface area contributed by atoms with Gasteiger partial charge in [-0.3, -0.25) is 0 Å². The number of aliphatic carboxylic acids is 1. The van der Waals surface area contributed by atoms with Gasteiger partial charge in [0.15, 0.2) is 0 Å². The van der Waals surface area contributed by atoms with Crippen molar-refractivity contribution >= 4 is 16.9 Å². The molecule has 0 aliphatic carbocycles. The highest BCUT2D eigenvalue weighted by molar-refractivity contribution is 5.86. The van der Waals surface area contributed by atoms with Crippen LogP contribution < -0.4 is 0 Å². The molecular formula is C22H28O8. The molecule has 8 nitrogen and oxygen atoms in total. The molecule has 1 aliphatic rings. The van der Waals surface area contributed by atoms with Crippen molar-refractivity contribution in [2.24, 2.45) is 5.92 Å². The number of carbonyl (C=O) groups is 1. The number of rotatable bonds is 12. The second-order valence-electron chi connectivity index (χ2n) is 6.89. The van der Waals surface area contributed by atoms with E-state index in [-0.39, 0.29) is 30.8 Å². The van der Waals surface area contributed by atoms with Gasteiger partial charge in [0.1, 0.15) is 5.58 Å². The molecule has 2 heterocycles. The van der Waals surface area contributed by atoms with Crippen molar-refractivity contribution in [1.29, 1.82) is 0 Å². The standard InChI is InChI=1S/C22H28O8/c1-2-28-22-16(7-9-26-11-12-27-10-8-23)17(13-20(30-22)21(24)25)18-14-29-19-6-4-3-5-15(18)19/h3-6,13-14,16-17,22-23H,2,7-12H2,1H3,(H,24,25)/t16-,17-,22+/m1/s1. The summed E-state index contributed by atoms with van der Waals surface area (Å²) in [6.07, 6.45) is 3.19. The largest absolute Gasteiger partial charge is 0.475 e. The molecule has 3 atom stereocenters. The predicted molar refractivity (Wildman–Crippen MR) is 108 cm³/mol. The number of fused-ring (bicyclic) bond motifs is 1. The lowest BCUT2D eigenvalue weighted by molar-refractivity contribution is -0.174. The molecule has 8 heteroatoms. The lowest BCUT2D eigenvalue weighted by atomic mass is 9.81. The molecule has 2 N–H and O–H groups in total. The Bertz CT molecular complexity index is 843. The summed E-state index contributed by atoms with van der Waals surface area (Å²) in [4.78, 5) is 11.6. The van der Waals surface area contributed by atoms with Gasteiger partial charge in [-0.05, 0) is 25.5 Å². The van der Waals surface area contributed by atoms with Crippen LogP contribution in [0.3, 0.4) is 0 Å². The zero-order valence-electron chi connectivity index (χ0n) is 17.0. The Morgan fingerprint density at radius 1 is 1.13 bits per heavy atom. The van der Waals surface area contributed by atoms with E-state index in [9.17, 15) is 9.90 Å². The third-order valence-corrected chi connectivity index (χ3v) is 5.00. The van der Waals surface area contributed by atoms with Gasteiger partial charge in [0, 0.05) is 36.0 Å². The number of para-hydroxylation sites is 1. The van der Waals surface area contributed by atoms with Gasteiger partial charge in [-0.25, -0.2) is 4.79 Å². The molecule has 1 aromatic heterocycles.